The standard InChI is InChI=1S/C13H12Cl2IN3/c1-7-12(16)13(17-2)19-11(18-7)6-8-3-4-9(14)10(15)5-8/h3-5H,6H2,1-2H3,(H,17,18,19). The van der Waals surface area contributed by atoms with Crippen molar-refractivity contribution < 1.29 is 0 Å². The second-order valence-corrected chi connectivity index (χ2v) is 5.96. The summed E-state index contributed by atoms with van der Waals surface area (Å²) in [4.78, 5) is 8.99. The van der Waals surface area contributed by atoms with Crippen LogP contribution in [0, 0.1) is 10.5 Å². The summed E-state index contributed by atoms with van der Waals surface area (Å²) < 4.78 is 1.04. The Morgan fingerprint density at radius 3 is 2.58 bits per heavy atom. The van der Waals surface area contributed by atoms with E-state index in [-0.39, 0.29) is 0 Å². The van der Waals surface area contributed by atoms with Gasteiger partial charge in [-0.1, -0.05) is 29.3 Å². The van der Waals surface area contributed by atoms with Crippen molar-refractivity contribution in [1.29, 1.82) is 0 Å². The lowest BCUT2D eigenvalue weighted by Crippen LogP contribution is -2.06. The lowest BCUT2D eigenvalue weighted by atomic mass is 10.1. The molecule has 0 fully saturated rings. The Labute approximate surface area is 135 Å². The van der Waals surface area contributed by atoms with E-state index in [2.05, 4.69) is 37.9 Å². The number of nitrogens with one attached hydrogen (secondary N) is 1. The predicted molar refractivity (Wildman–Crippen MR) is 88.3 cm³/mol. The third kappa shape index (κ3) is 3.49. The molecule has 100 valence electrons. The van der Waals surface area contributed by atoms with Crippen LogP contribution in [-0.4, -0.2) is 17.0 Å². The molecule has 2 rings (SSSR count). The Hall–Kier alpha value is -0.590. The molecule has 0 saturated heterocycles. The second kappa shape index (κ2) is 6.24. The Morgan fingerprint density at radius 1 is 1.21 bits per heavy atom. The van der Waals surface area contributed by atoms with Crippen LogP contribution >= 0.6 is 45.8 Å². The molecular formula is C13H12Cl2IN3. The van der Waals surface area contributed by atoms with Crippen LogP contribution in [-0.2, 0) is 6.42 Å². The van der Waals surface area contributed by atoms with Crippen LogP contribution < -0.4 is 5.32 Å². The van der Waals surface area contributed by atoms with E-state index >= 15 is 0 Å². The van der Waals surface area contributed by atoms with Crippen LogP contribution in [0.25, 0.3) is 0 Å². The van der Waals surface area contributed by atoms with Crippen LogP contribution in [0.2, 0.25) is 10.0 Å². The summed E-state index contributed by atoms with van der Waals surface area (Å²) in [5, 5.41) is 4.18. The third-order valence-electron chi connectivity index (χ3n) is 2.65. The normalized spacial score (nSPS) is 10.6. The fourth-order valence-electron chi connectivity index (χ4n) is 1.69. The van der Waals surface area contributed by atoms with Crippen LogP contribution in [0.1, 0.15) is 17.1 Å². The molecule has 0 atom stereocenters. The molecule has 1 N–H and O–H groups in total. The van der Waals surface area contributed by atoms with Crippen LogP contribution in [0.5, 0.6) is 0 Å². The summed E-state index contributed by atoms with van der Waals surface area (Å²) in [7, 11) is 1.85. The molecule has 0 saturated carbocycles. The van der Waals surface area contributed by atoms with Crippen molar-refractivity contribution in [2.45, 2.75) is 13.3 Å². The lowest BCUT2D eigenvalue weighted by molar-refractivity contribution is 0.935. The minimum absolute atomic E-state index is 0.551. The van der Waals surface area contributed by atoms with Gasteiger partial charge in [-0.05, 0) is 47.2 Å². The van der Waals surface area contributed by atoms with Crippen LogP contribution in [0.4, 0.5) is 5.82 Å². The summed E-state index contributed by atoms with van der Waals surface area (Å²) in [5.41, 5.74) is 2.01. The average molecular weight is 408 g/mol. The zero-order valence-corrected chi connectivity index (χ0v) is 14.1. The van der Waals surface area contributed by atoms with Gasteiger partial charge in [0.1, 0.15) is 11.6 Å². The number of rotatable bonds is 3. The first-order valence-electron chi connectivity index (χ1n) is 5.66. The Balaban J connectivity index is 2.32. The summed E-state index contributed by atoms with van der Waals surface area (Å²) in [6, 6.07) is 5.57. The van der Waals surface area contributed by atoms with E-state index in [9.17, 15) is 0 Å². The molecular weight excluding hydrogens is 396 g/mol. The third-order valence-corrected chi connectivity index (χ3v) is 4.68. The number of nitrogens with zero attached hydrogens (tertiary/aromatic N) is 2. The highest BCUT2D eigenvalue weighted by molar-refractivity contribution is 14.1. The zero-order valence-electron chi connectivity index (χ0n) is 10.5. The van der Waals surface area contributed by atoms with Gasteiger partial charge in [-0.2, -0.15) is 0 Å². The Kier molecular flexibility index (Phi) is 4.86. The van der Waals surface area contributed by atoms with E-state index in [1.54, 1.807) is 6.07 Å². The van der Waals surface area contributed by atoms with Crippen molar-refractivity contribution in [3.05, 3.63) is 48.9 Å². The molecule has 0 bridgehead atoms. The quantitative estimate of drug-likeness (QED) is 0.769. The molecule has 0 amide bonds. The topological polar surface area (TPSA) is 37.8 Å². The smallest absolute Gasteiger partial charge is 0.143 e. The van der Waals surface area contributed by atoms with Gasteiger partial charge in [-0.25, -0.2) is 9.97 Å². The van der Waals surface area contributed by atoms with Gasteiger partial charge in [0.2, 0.25) is 0 Å². The minimum Gasteiger partial charge on any atom is -0.372 e. The number of halogens is 3. The number of hydrogen-bond acceptors (Lipinski definition) is 3. The van der Waals surface area contributed by atoms with Crippen molar-refractivity contribution in [3.63, 3.8) is 0 Å². The molecule has 3 nitrogen and oxygen atoms in total. The zero-order chi connectivity index (χ0) is 14.0. The largest absolute Gasteiger partial charge is 0.372 e. The fraction of sp³-hybridized carbons (Fsp3) is 0.231. The highest BCUT2D eigenvalue weighted by atomic mass is 127. The Morgan fingerprint density at radius 2 is 1.95 bits per heavy atom. The summed E-state index contributed by atoms with van der Waals surface area (Å²) >= 11 is 14.1. The van der Waals surface area contributed by atoms with E-state index < -0.39 is 0 Å². The van der Waals surface area contributed by atoms with E-state index in [1.165, 1.54) is 0 Å². The van der Waals surface area contributed by atoms with Crippen LogP contribution in [0.15, 0.2) is 18.2 Å². The average Bonchev–Trinajstić information content (AvgIpc) is 2.38. The van der Waals surface area contributed by atoms with Gasteiger partial charge in [0.25, 0.3) is 0 Å². The SMILES string of the molecule is CNc1nc(Cc2ccc(Cl)c(Cl)c2)nc(C)c1I. The highest BCUT2D eigenvalue weighted by Gasteiger charge is 2.09. The number of aryl methyl sites for hydroxylation is 1. The first kappa shape index (κ1) is 14.8. The summed E-state index contributed by atoms with van der Waals surface area (Å²) in [6.45, 7) is 1.97. The van der Waals surface area contributed by atoms with Gasteiger partial charge in [-0.15, -0.1) is 0 Å². The van der Waals surface area contributed by atoms with E-state index in [0.717, 1.165) is 26.5 Å². The minimum atomic E-state index is 0.551. The highest BCUT2D eigenvalue weighted by Crippen LogP contribution is 2.24. The number of hydrogen-bond donors (Lipinski definition) is 1. The van der Waals surface area contributed by atoms with E-state index in [0.29, 0.717) is 16.5 Å². The molecule has 0 unspecified atom stereocenters. The van der Waals surface area contributed by atoms with Gasteiger partial charge >= 0.3 is 0 Å². The summed E-state index contributed by atoms with van der Waals surface area (Å²) in [5.74, 6) is 1.61. The number of benzene rings is 1. The van der Waals surface area contributed by atoms with Gasteiger partial charge in [0, 0.05) is 13.5 Å². The van der Waals surface area contributed by atoms with Crippen LogP contribution in [0.3, 0.4) is 0 Å². The predicted octanol–water partition coefficient (Wildman–Crippen LogP) is 4.33. The number of aromatic nitrogens is 2. The summed E-state index contributed by atoms with van der Waals surface area (Å²) in [6.07, 6.45) is 0.628. The van der Waals surface area contributed by atoms with Crippen molar-refractivity contribution >= 4 is 51.6 Å². The number of anilines is 1. The Bertz CT molecular complexity index is 617. The van der Waals surface area contributed by atoms with Gasteiger partial charge in [0.05, 0.1) is 19.3 Å². The second-order valence-electron chi connectivity index (χ2n) is 4.06. The molecule has 1 aromatic heterocycles. The molecule has 6 heteroatoms. The van der Waals surface area contributed by atoms with Crippen molar-refractivity contribution in [3.8, 4) is 0 Å². The van der Waals surface area contributed by atoms with Gasteiger partial charge in [-0.3, -0.25) is 0 Å². The molecule has 0 aliphatic rings. The molecule has 0 aliphatic carbocycles. The first-order valence-corrected chi connectivity index (χ1v) is 7.49. The van der Waals surface area contributed by atoms with Gasteiger partial charge in [0.15, 0.2) is 0 Å². The van der Waals surface area contributed by atoms with Crippen molar-refractivity contribution in [1.82, 2.24) is 9.97 Å². The molecule has 19 heavy (non-hydrogen) atoms. The fourth-order valence-corrected chi connectivity index (χ4v) is 2.53. The molecule has 0 aliphatic heterocycles. The molecule has 2 aromatic rings. The van der Waals surface area contributed by atoms with E-state index in [1.807, 2.05) is 26.1 Å². The molecule has 1 aromatic carbocycles. The van der Waals surface area contributed by atoms with Crippen molar-refractivity contribution in [2.75, 3.05) is 12.4 Å². The monoisotopic (exact) mass is 407 g/mol. The lowest BCUT2D eigenvalue weighted by Gasteiger charge is -2.09. The molecule has 1 heterocycles. The maximum Gasteiger partial charge on any atom is 0.143 e. The maximum absolute atomic E-state index is 6.01. The van der Waals surface area contributed by atoms with Crippen molar-refractivity contribution in [2.24, 2.45) is 0 Å². The molecule has 0 spiro atoms. The van der Waals surface area contributed by atoms with E-state index in [4.69, 9.17) is 23.2 Å². The van der Waals surface area contributed by atoms with Gasteiger partial charge < -0.3 is 5.32 Å². The first-order chi connectivity index (χ1) is 9.01. The maximum atomic E-state index is 6.01. The molecule has 0 radical (unpaired) electrons.